The maximum Gasteiger partial charge on any atom is 0.410 e. The minimum atomic E-state index is -0.738. The van der Waals surface area contributed by atoms with Crippen molar-refractivity contribution in [1.82, 2.24) is 24.8 Å². The third-order valence-electron chi connectivity index (χ3n) is 9.01. The van der Waals surface area contributed by atoms with Crippen molar-refractivity contribution >= 4 is 34.4 Å². The molecule has 6 atom stereocenters. The van der Waals surface area contributed by atoms with Gasteiger partial charge in [-0.05, 0) is 53.4 Å². The van der Waals surface area contributed by atoms with Crippen LogP contribution in [0.25, 0.3) is 10.9 Å². The second kappa shape index (κ2) is 9.95. The monoisotopic (exact) mass is 590 g/mol. The topological polar surface area (TPSA) is 102 Å². The number of morpholine rings is 1. The molecule has 1 amide bonds. The SMILES string of the molecule is C[C@@H]1Oc2nc(Cl)c(F)c3nc(OC[C@@H]4CC[C@H]5COCCN54)nc(c23)N2C[C@H]3CC[C@@H](C12)N3C(=O)OC(C)(C)C. The van der Waals surface area contributed by atoms with Gasteiger partial charge in [-0.15, -0.1) is 0 Å². The van der Waals surface area contributed by atoms with Gasteiger partial charge in [0, 0.05) is 25.2 Å². The van der Waals surface area contributed by atoms with Crippen LogP contribution in [0.3, 0.4) is 0 Å². The van der Waals surface area contributed by atoms with Gasteiger partial charge in [-0.3, -0.25) is 9.80 Å². The summed E-state index contributed by atoms with van der Waals surface area (Å²) in [4.78, 5) is 33.3. The zero-order chi connectivity index (χ0) is 28.6. The van der Waals surface area contributed by atoms with Crippen LogP contribution in [0.15, 0.2) is 0 Å². The number of pyridine rings is 1. The number of fused-ring (bicyclic) bond motifs is 6. The van der Waals surface area contributed by atoms with E-state index in [-0.39, 0.29) is 52.8 Å². The molecule has 2 bridgehead atoms. The van der Waals surface area contributed by atoms with E-state index in [1.165, 1.54) is 0 Å². The Labute approximate surface area is 243 Å². The number of aromatic nitrogens is 3. The van der Waals surface area contributed by atoms with Crippen LogP contribution in [-0.4, -0.2) is 106 Å². The summed E-state index contributed by atoms with van der Waals surface area (Å²) in [6, 6.07) is 0.169. The molecule has 4 fully saturated rings. The Hall–Kier alpha value is -2.70. The van der Waals surface area contributed by atoms with E-state index >= 15 is 4.39 Å². The fourth-order valence-corrected chi connectivity index (χ4v) is 7.52. The number of rotatable bonds is 3. The average Bonchev–Trinajstić information content (AvgIpc) is 3.44. The fourth-order valence-electron chi connectivity index (χ4n) is 7.35. The van der Waals surface area contributed by atoms with Gasteiger partial charge in [-0.25, -0.2) is 9.18 Å². The predicted molar refractivity (Wildman–Crippen MR) is 148 cm³/mol. The van der Waals surface area contributed by atoms with Crippen molar-refractivity contribution in [2.45, 2.75) is 95.3 Å². The number of piperazine rings is 1. The first-order valence-corrected chi connectivity index (χ1v) is 14.9. The van der Waals surface area contributed by atoms with Crippen LogP contribution < -0.4 is 14.4 Å². The number of carbonyl (C=O) groups is 1. The lowest BCUT2D eigenvalue weighted by Crippen LogP contribution is -2.65. The van der Waals surface area contributed by atoms with Crippen LogP contribution in [-0.2, 0) is 9.47 Å². The summed E-state index contributed by atoms with van der Waals surface area (Å²) in [6.07, 6.45) is 2.92. The van der Waals surface area contributed by atoms with E-state index in [1.807, 2.05) is 32.6 Å². The summed E-state index contributed by atoms with van der Waals surface area (Å²) in [6.45, 7) is 10.7. The molecular formula is C28H36ClFN6O5. The van der Waals surface area contributed by atoms with E-state index in [9.17, 15) is 4.79 Å². The van der Waals surface area contributed by atoms with Crippen LogP contribution in [0.2, 0.25) is 5.15 Å². The summed E-state index contributed by atoms with van der Waals surface area (Å²) in [5.74, 6) is -0.0617. The normalized spacial score (nSPS) is 31.0. The van der Waals surface area contributed by atoms with E-state index in [0.717, 1.165) is 38.8 Å². The Balaban J connectivity index is 1.25. The first-order chi connectivity index (χ1) is 19.6. The molecule has 0 radical (unpaired) electrons. The molecule has 41 heavy (non-hydrogen) atoms. The summed E-state index contributed by atoms with van der Waals surface area (Å²) in [7, 11) is 0. The van der Waals surface area contributed by atoms with Gasteiger partial charge in [0.25, 0.3) is 0 Å². The summed E-state index contributed by atoms with van der Waals surface area (Å²) in [5, 5.41) is 0.0480. The van der Waals surface area contributed by atoms with Gasteiger partial charge in [-0.2, -0.15) is 15.0 Å². The molecule has 13 heteroatoms. The van der Waals surface area contributed by atoms with E-state index < -0.39 is 17.5 Å². The van der Waals surface area contributed by atoms with Crippen molar-refractivity contribution in [3.63, 3.8) is 0 Å². The molecule has 0 aromatic carbocycles. The maximum atomic E-state index is 15.5. The lowest BCUT2D eigenvalue weighted by atomic mass is 9.98. The molecule has 1 unspecified atom stereocenters. The molecule has 0 saturated carbocycles. The highest BCUT2D eigenvalue weighted by molar-refractivity contribution is 6.30. The molecular weight excluding hydrogens is 555 g/mol. The molecule has 0 N–H and O–H groups in total. The van der Waals surface area contributed by atoms with Crippen LogP contribution in [0.4, 0.5) is 15.0 Å². The van der Waals surface area contributed by atoms with Crippen molar-refractivity contribution in [2.75, 3.05) is 37.8 Å². The minimum Gasteiger partial charge on any atom is -0.472 e. The van der Waals surface area contributed by atoms with E-state index in [0.29, 0.717) is 37.0 Å². The second-order valence-electron chi connectivity index (χ2n) is 12.7. The average molecular weight is 591 g/mol. The van der Waals surface area contributed by atoms with Crippen molar-refractivity contribution in [1.29, 1.82) is 0 Å². The fraction of sp³-hybridized carbons (Fsp3) is 0.714. The summed E-state index contributed by atoms with van der Waals surface area (Å²) in [5.41, 5.74) is -0.593. The van der Waals surface area contributed by atoms with Gasteiger partial charge in [0.15, 0.2) is 11.0 Å². The van der Waals surface area contributed by atoms with Gasteiger partial charge in [0.05, 0.1) is 31.3 Å². The molecule has 0 aliphatic carbocycles. The van der Waals surface area contributed by atoms with Gasteiger partial charge in [0.2, 0.25) is 5.88 Å². The number of hydrogen-bond acceptors (Lipinski definition) is 10. The van der Waals surface area contributed by atoms with Gasteiger partial charge in [0.1, 0.15) is 35.0 Å². The highest BCUT2D eigenvalue weighted by Gasteiger charge is 2.54. The molecule has 4 saturated heterocycles. The zero-order valence-electron chi connectivity index (χ0n) is 23.8. The standard InChI is InChI=1S/C28H36ClFN6O5/c1-14-22-18-8-7-15(36(18)27(37)41-28(2,3)4)11-35(22)24-19-21(20(30)23(29)32-25(19)40-14)31-26(33-24)39-13-17-6-5-16-12-38-10-9-34(16)17/h14-18,22H,5-13H2,1-4H3/t14-,15+,16-,17-,18-,22?/m0/s1. The van der Waals surface area contributed by atoms with E-state index in [1.54, 1.807) is 0 Å². The van der Waals surface area contributed by atoms with Crippen molar-refractivity contribution < 1.29 is 28.1 Å². The molecule has 5 aliphatic rings. The van der Waals surface area contributed by atoms with E-state index in [4.69, 9.17) is 35.5 Å². The lowest BCUT2D eigenvalue weighted by Gasteiger charge is -2.48. The van der Waals surface area contributed by atoms with Gasteiger partial charge in [-0.1, -0.05) is 11.6 Å². The molecule has 2 aromatic rings. The molecule has 2 aromatic heterocycles. The number of carbonyl (C=O) groups excluding carboxylic acids is 1. The maximum absolute atomic E-state index is 15.5. The Kier molecular flexibility index (Phi) is 6.59. The van der Waals surface area contributed by atoms with Crippen LogP contribution >= 0.6 is 11.6 Å². The number of nitrogens with zero attached hydrogens (tertiary/aromatic N) is 6. The number of hydrogen-bond donors (Lipinski definition) is 0. The first kappa shape index (κ1) is 27.2. The number of amides is 1. The largest absolute Gasteiger partial charge is 0.472 e. The molecule has 7 heterocycles. The first-order valence-electron chi connectivity index (χ1n) is 14.6. The highest BCUT2D eigenvalue weighted by atomic mass is 35.5. The molecule has 222 valence electrons. The smallest absolute Gasteiger partial charge is 0.410 e. The van der Waals surface area contributed by atoms with Gasteiger partial charge >= 0.3 is 12.1 Å². The molecule has 0 spiro atoms. The Bertz CT molecular complexity index is 1380. The van der Waals surface area contributed by atoms with Crippen molar-refractivity contribution in [3.05, 3.63) is 11.0 Å². The van der Waals surface area contributed by atoms with Gasteiger partial charge < -0.3 is 23.8 Å². The Morgan fingerprint density at radius 2 is 1.95 bits per heavy atom. The number of halogens is 2. The Morgan fingerprint density at radius 3 is 2.76 bits per heavy atom. The van der Waals surface area contributed by atoms with Crippen LogP contribution in [0, 0.1) is 5.82 Å². The van der Waals surface area contributed by atoms with Crippen molar-refractivity contribution in [2.24, 2.45) is 0 Å². The van der Waals surface area contributed by atoms with Crippen LogP contribution in [0.1, 0.15) is 53.4 Å². The Morgan fingerprint density at radius 1 is 1.15 bits per heavy atom. The summed E-state index contributed by atoms with van der Waals surface area (Å²) >= 11 is 6.23. The lowest BCUT2D eigenvalue weighted by molar-refractivity contribution is -0.0101. The third kappa shape index (κ3) is 4.62. The number of anilines is 1. The van der Waals surface area contributed by atoms with E-state index in [2.05, 4.69) is 19.8 Å². The van der Waals surface area contributed by atoms with Crippen molar-refractivity contribution in [3.8, 4) is 11.9 Å². The number of ether oxygens (including phenoxy) is 4. The highest BCUT2D eigenvalue weighted by Crippen LogP contribution is 2.46. The molecule has 7 rings (SSSR count). The molecule has 5 aliphatic heterocycles. The zero-order valence-corrected chi connectivity index (χ0v) is 24.6. The van der Waals surface area contributed by atoms with Crippen LogP contribution in [0.5, 0.6) is 11.9 Å². The molecule has 11 nitrogen and oxygen atoms in total. The minimum absolute atomic E-state index is 0.0189. The second-order valence-corrected chi connectivity index (χ2v) is 13.1. The quantitative estimate of drug-likeness (QED) is 0.491. The third-order valence-corrected chi connectivity index (χ3v) is 9.27. The summed E-state index contributed by atoms with van der Waals surface area (Å²) < 4.78 is 39.4. The predicted octanol–water partition coefficient (Wildman–Crippen LogP) is 3.80.